The third kappa shape index (κ3) is 3.67. The number of nitrogens with zero attached hydrogens (tertiary/aromatic N) is 3. The van der Waals surface area contributed by atoms with Gasteiger partial charge in [0.1, 0.15) is 5.75 Å². The van der Waals surface area contributed by atoms with Crippen molar-refractivity contribution in [2.75, 3.05) is 6.54 Å². The number of aromatic hydroxyl groups is 1. The second kappa shape index (κ2) is 8.48. The molecule has 2 atom stereocenters. The van der Waals surface area contributed by atoms with Crippen LogP contribution in [0.3, 0.4) is 0 Å². The Morgan fingerprint density at radius 1 is 1.13 bits per heavy atom. The van der Waals surface area contributed by atoms with E-state index in [2.05, 4.69) is 52.7 Å². The predicted octanol–water partition coefficient (Wildman–Crippen LogP) is 4.97. The Labute approximate surface area is 183 Å². The molecule has 1 aliphatic rings. The van der Waals surface area contributed by atoms with Gasteiger partial charge in [0.15, 0.2) is 5.11 Å². The van der Waals surface area contributed by atoms with Gasteiger partial charge in [-0.3, -0.25) is 4.98 Å². The second-order valence-corrected chi connectivity index (χ2v) is 8.24. The normalized spacial score (nSPS) is 18.6. The van der Waals surface area contributed by atoms with Crippen molar-refractivity contribution in [1.29, 1.82) is 0 Å². The molecular formula is C24H28N4OS. The van der Waals surface area contributed by atoms with E-state index in [9.17, 15) is 5.11 Å². The van der Waals surface area contributed by atoms with Crippen molar-refractivity contribution in [2.24, 2.45) is 0 Å². The van der Waals surface area contributed by atoms with Gasteiger partial charge in [0.2, 0.25) is 0 Å². The molecule has 1 aliphatic heterocycles. The summed E-state index contributed by atoms with van der Waals surface area (Å²) in [6, 6.07) is 15.7. The maximum Gasteiger partial charge on any atom is 0.170 e. The second-order valence-electron chi connectivity index (χ2n) is 7.85. The monoisotopic (exact) mass is 420 g/mol. The molecule has 0 saturated carbocycles. The Hall–Kier alpha value is -2.86. The zero-order valence-electron chi connectivity index (χ0n) is 17.7. The van der Waals surface area contributed by atoms with Gasteiger partial charge in [0, 0.05) is 29.8 Å². The number of nitrogens with one attached hydrogen (secondary N) is 1. The van der Waals surface area contributed by atoms with E-state index in [1.807, 2.05) is 30.5 Å². The first-order valence-electron chi connectivity index (χ1n) is 10.5. The Morgan fingerprint density at radius 3 is 2.57 bits per heavy atom. The summed E-state index contributed by atoms with van der Waals surface area (Å²) < 4.78 is 2.24. The number of phenols is 1. The molecule has 4 rings (SSSR count). The number of thiocarbonyl (C=S) groups is 1. The summed E-state index contributed by atoms with van der Waals surface area (Å²) in [5.74, 6) is 0.271. The summed E-state index contributed by atoms with van der Waals surface area (Å²) >= 11 is 5.75. The fourth-order valence-corrected chi connectivity index (χ4v) is 4.73. The van der Waals surface area contributed by atoms with E-state index in [-0.39, 0.29) is 17.8 Å². The maximum atomic E-state index is 9.68. The van der Waals surface area contributed by atoms with Crippen molar-refractivity contribution in [3.63, 3.8) is 0 Å². The fraction of sp³-hybridized carbons (Fsp3) is 0.333. The van der Waals surface area contributed by atoms with Gasteiger partial charge >= 0.3 is 0 Å². The van der Waals surface area contributed by atoms with Gasteiger partial charge in [-0.2, -0.15) is 0 Å². The zero-order chi connectivity index (χ0) is 21.3. The molecule has 1 saturated heterocycles. The molecule has 2 aromatic heterocycles. The topological polar surface area (TPSA) is 53.3 Å². The van der Waals surface area contributed by atoms with Gasteiger partial charge in [0.25, 0.3) is 0 Å². The molecule has 0 aliphatic carbocycles. The van der Waals surface area contributed by atoms with Gasteiger partial charge in [-0.05, 0) is 80.5 Å². The summed E-state index contributed by atoms with van der Waals surface area (Å²) in [6.07, 6.45) is 4.04. The minimum Gasteiger partial charge on any atom is -0.508 e. The standard InChI is InChI=1S/C24H28N4OS/c1-4-5-14-27-23(22(26-24(27)30)21-8-6-7-13-25-21)20-15-16(2)28(17(20)3)18-9-11-19(29)12-10-18/h6-13,15,22-23,29H,4-5,14H2,1-3H3,(H,26,30)/t22-,23+/m1/s1. The lowest BCUT2D eigenvalue weighted by Crippen LogP contribution is -2.30. The predicted molar refractivity (Wildman–Crippen MR) is 124 cm³/mol. The molecular weight excluding hydrogens is 392 g/mol. The Kier molecular flexibility index (Phi) is 5.77. The highest BCUT2D eigenvalue weighted by Gasteiger charge is 2.41. The molecule has 1 fully saturated rings. The van der Waals surface area contributed by atoms with Crippen LogP contribution >= 0.6 is 12.2 Å². The van der Waals surface area contributed by atoms with E-state index >= 15 is 0 Å². The van der Waals surface area contributed by atoms with Crippen molar-refractivity contribution in [1.82, 2.24) is 19.8 Å². The average Bonchev–Trinajstić information content (AvgIpc) is 3.23. The molecule has 30 heavy (non-hydrogen) atoms. The van der Waals surface area contributed by atoms with E-state index in [1.54, 1.807) is 12.1 Å². The first kappa shape index (κ1) is 20.4. The number of benzene rings is 1. The molecule has 0 bridgehead atoms. The minimum atomic E-state index is 0.00400. The van der Waals surface area contributed by atoms with Crippen molar-refractivity contribution in [3.8, 4) is 11.4 Å². The summed E-state index contributed by atoms with van der Waals surface area (Å²) in [7, 11) is 0. The number of aryl methyl sites for hydroxylation is 1. The number of pyridine rings is 1. The Balaban J connectivity index is 1.81. The number of unbranched alkanes of at least 4 members (excludes halogenated alkanes) is 1. The van der Waals surface area contributed by atoms with Crippen LogP contribution in [0.15, 0.2) is 54.7 Å². The molecule has 156 valence electrons. The van der Waals surface area contributed by atoms with Crippen LogP contribution < -0.4 is 5.32 Å². The molecule has 3 aromatic rings. The summed E-state index contributed by atoms with van der Waals surface area (Å²) in [5, 5.41) is 14.0. The average molecular weight is 421 g/mol. The van der Waals surface area contributed by atoms with Crippen molar-refractivity contribution in [2.45, 2.75) is 45.7 Å². The molecule has 0 radical (unpaired) electrons. The van der Waals surface area contributed by atoms with Crippen LogP contribution in [0.1, 0.15) is 54.5 Å². The fourth-order valence-electron chi connectivity index (χ4n) is 4.40. The Bertz CT molecular complexity index is 1030. The van der Waals surface area contributed by atoms with E-state index < -0.39 is 0 Å². The van der Waals surface area contributed by atoms with Crippen molar-refractivity contribution < 1.29 is 5.11 Å². The number of phenolic OH excluding ortho intramolecular Hbond substituents is 1. The largest absolute Gasteiger partial charge is 0.508 e. The number of rotatable bonds is 6. The maximum absolute atomic E-state index is 9.68. The van der Waals surface area contributed by atoms with Gasteiger partial charge in [-0.1, -0.05) is 19.4 Å². The molecule has 0 spiro atoms. The smallest absolute Gasteiger partial charge is 0.170 e. The number of aromatic nitrogens is 2. The summed E-state index contributed by atoms with van der Waals surface area (Å²) in [6.45, 7) is 7.40. The van der Waals surface area contributed by atoms with Crippen molar-refractivity contribution >= 4 is 17.3 Å². The van der Waals surface area contributed by atoms with Crippen LogP contribution in [0.5, 0.6) is 5.75 Å². The van der Waals surface area contributed by atoms with Gasteiger partial charge in [0.05, 0.1) is 17.8 Å². The first-order valence-corrected chi connectivity index (χ1v) is 10.9. The third-order valence-corrected chi connectivity index (χ3v) is 6.20. The first-order chi connectivity index (χ1) is 14.5. The van der Waals surface area contributed by atoms with E-state index in [0.717, 1.165) is 41.6 Å². The molecule has 0 amide bonds. The molecule has 0 unspecified atom stereocenters. The number of hydrogen-bond acceptors (Lipinski definition) is 3. The van der Waals surface area contributed by atoms with Gasteiger partial charge < -0.3 is 19.9 Å². The third-order valence-electron chi connectivity index (χ3n) is 5.85. The van der Waals surface area contributed by atoms with Gasteiger partial charge in [-0.25, -0.2) is 0 Å². The lowest BCUT2D eigenvalue weighted by Gasteiger charge is -2.28. The lowest BCUT2D eigenvalue weighted by atomic mass is 9.96. The van der Waals surface area contributed by atoms with Crippen LogP contribution in [-0.4, -0.2) is 31.2 Å². The Morgan fingerprint density at radius 2 is 1.90 bits per heavy atom. The highest BCUT2D eigenvalue weighted by Crippen LogP contribution is 2.41. The van der Waals surface area contributed by atoms with Crippen LogP contribution in [-0.2, 0) is 0 Å². The lowest BCUT2D eigenvalue weighted by molar-refractivity contribution is 0.312. The highest BCUT2D eigenvalue weighted by atomic mass is 32.1. The SMILES string of the molecule is CCCCN1C(=S)N[C@H](c2ccccn2)[C@@H]1c1cc(C)n(-c2ccc(O)cc2)c1C. The quantitative estimate of drug-likeness (QED) is 0.552. The molecule has 6 heteroatoms. The van der Waals surface area contributed by atoms with Crippen LogP contribution in [0.25, 0.3) is 5.69 Å². The minimum absolute atomic E-state index is 0.00400. The highest BCUT2D eigenvalue weighted by molar-refractivity contribution is 7.80. The molecule has 2 N–H and O–H groups in total. The van der Waals surface area contributed by atoms with Gasteiger partial charge in [-0.15, -0.1) is 0 Å². The van der Waals surface area contributed by atoms with E-state index in [0.29, 0.717) is 0 Å². The molecule has 5 nitrogen and oxygen atoms in total. The number of hydrogen-bond donors (Lipinski definition) is 2. The van der Waals surface area contributed by atoms with Crippen LogP contribution in [0, 0.1) is 13.8 Å². The zero-order valence-corrected chi connectivity index (χ0v) is 18.5. The van der Waals surface area contributed by atoms with Crippen LogP contribution in [0.4, 0.5) is 0 Å². The van der Waals surface area contributed by atoms with E-state index in [1.165, 1.54) is 11.3 Å². The van der Waals surface area contributed by atoms with Crippen LogP contribution in [0.2, 0.25) is 0 Å². The molecule has 3 heterocycles. The van der Waals surface area contributed by atoms with E-state index in [4.69, 9.17) is 12.2 Å². The van der Waals surface area contributed by atoms with Crippen molar-refractivity contribution in [3.05, 3.63) is 77.4 Å². The summed E-state index contributed by atoms with van der Waals surface area (Å²) in [5.41, 5.74) is 5.62. The summed E-state index contributed by atoms with van der Waals surface area (Å²) in [4.78, 5) is 6.95. The molecule has 1 aromatic carbocycles.